The second-order valence-electron chi connectivity index (χ2n) is 6.00. The Kier molecular flexibility index (Phi) is 5.30. The molecule has 4 atom stereocenters. The molecule has 1 saturated heterocycles. The highest BCUT2D eigenvalue weighted by molar-refractivity contribution is 4.92. The van der Waals surface area contributed by atoms with Gasteiger partial charge in [0.05, 0.1) is 6.10 Å². The Morgan fingerprint density at radius 2 is 2.24 bits per heavy atom. The molecule has 0 radical (unpaired) electrons. The molecule has 1 saturated carbocycles. The van der Waals surface area contributed by atoms with Crippen molar-refractivity contribution in [1.29, 1.82) is 0 Å². The molecule has 1 aliphatic carbocycles. The molecule has 0 aromatic rings. The molecule has 0 spiro atoms. The first kappa shape index (κ1) is 13.4. The molecule has 2 heteroatoms. The summed E-state index contributed by atoms with van der Waals surface area (Å²) in [6.45, 7) is 6.84. The minimum atomic E-state index is 0.582. The molecule has 0 aromatic heterocycles. The molecule has 2 fully saturated rings. The smallest absolute Gasteiger partial charge is 0.0576 e. The van der Waals surface area contributed by atoms with E-state index in [1.54, 1.807) is 0 Å². The summed E-state index contributed by atoms with van der Waals surface area (Å²) in [6, 6.07) is 0.784. The topological polar surface area (TPSA) is 21.3 Å². The first-order valence-electron chi connectivity index (χ1n) is 7.66. The van der Waals surface area contributed by atoms with Crippen molar-refractivity contribution in [3.8, 4) is 0 Å². The van der Waals surface area contributed by atoms with Gasteiger partial charge < -0.3 is 10.1 Å². The fourth-order valence-electron chi connectivity index (χ4n) is 3.15. The molecule has 2 rings (SSSR count). The number of ether oxygens (including phenoxy) is 1. The third-order valence-electron chi connectivity index (χ3n) is 4.41. The van der Waals surface area contributed by atoms with Gasteiger partial charge in [-0.15, -0.1) is 0 Å². The third-order valence-corrected chi connectivity index (χ3v) is 4.41. The molecule has 1 aliphatic heterocycles. The summed E-state index contributed by atoms with van der Waals surface area (Å²) in [7, 11) is 0. The molecule has 0 aromatic carbocycles. The zero-order valence-electron chi connectivity index (χ0n) is 11.6. The Hall–Kier alpha value is -0.0800. The van der Waals surface area contributed by atoms with Crippen molar-refractivity contribution in [2.75, 3.05) is 13.2 Å². The molecule has 17 heavy (non-hydrogen) atoms. The van der Waals surface area contributed by atoms with E-state index in [0.29, 0.717) is 6.10 Å². The van der Waals surface area contributed by atoms with Crippen molar-refractivity contribution in [3.05, 3.63) is 0 Å². The van der Waals surface area contributed by atoms with Crippen molar-refractivity contribution in [2.24, 2.45) is 11.8 Å². The van der Waals surface area contributed by atoms with Crippen LogP contribution in [0.25, 0.3) is 0 Å². The number of hydrogen-bond donors (Lipinski definition) is 1. The Bertz CT molecular complexity index is 213. The van der Waals surface area contributed by atoms with E-state index in [1.807, 2.05) is 0 Å². The van der Waals surface area contributed by atoms with E-state index in [9.17, 15) is 0 Å². The highest BCUT2D eigenvalue weighted by Gasteiger charge is 2.38. The molecule has 0 amide bonds. The van der Waals surface area contributed by atoms with E-state index in [4.69, 9.17) is 4.74 Å². The Morgan fingerprint density at radius 1 is 1.41 bits per heavy atom. The van der Waals surface area contributed by atoms with Crippen LogP contribution < -0.4 is 5.32 Å². The summed E-state index contributed by atoms with van der Waals surface area (Å²) < 4.78 is 5.69. The van der Waals surface area contributed by atoms with E-state index in [2.05, 4.69) is 19.2 Å². The summed E-state index contributed by atoms with van der Waals surface area (Å²) in [5.41, 5.74) is 0. The minimum Gasteiger partial charge on any atom is -0.378 e. The van der Waals surface area contributed by atoms with Gasteiger partial charge in [0.25, 0.3) is 0 Å². The van der Waals surface area contributed by atoms with Crippen molar-refractivity contribution < 1.29 is 4.74 Å². The van der Waals surface area contributed by atoms with Gasteiger partial charge in [0.15, 0.2) is 0 Å². The average molecular weight is 239 g/mol. The maximum absolute atomic E-state index is 5.69. The molecule has 4 unspecified atom stereocenters. The molecule has 0 bridgehead atoms. The maximum Gasteiger partial charge on any atom is 0.0576 e. The fraction of sp³-hybridized carbons (Fsp3) is 1.00. The van der Waals surface area contributed by atoms with Crippen molar-refractivity contribution in [3.63, 3.8) is 0 Å². The summed E-state index contributed by atoms with van der Waals surface area (Å²) in [6.07, 6.45) is 9.84. The lowest BCUT2D eigenvalue weighted by atomic mass is 10.0. The van der Waals surface area contributed by atoms with E-state index < -0.39 is 0 Å². The van der Waals surface area contributed by atoms with Crippen LogP contribution >= 0.6 is 0 Å². The number of hydrogen-bond acceptors (Lipinski definition) is 2. The van der Waals surface area contributed by atoms with Gasteiger partial charge in [-0.05, 0) is 63.3 Å². The predicted molar refractivity (Wildman–Crippen MR) is 72.2 cm³/mol. The second-order valence-corrected chi connectivity index (χ2v) is 6.00. The summed E-state index contributed by atoms with van der Waals surface area (Å²) >= 11 is 0. The van der Waals surface area contributed by atoms with Gasteiger partial charge in [-0.3, -0.25) is 0 Å². The Morgan fingerprint density at radius 3 is 2.82 bits per heavy atom. The standard InChI is InChI=1S/C15H29NO/c1-3-9-16-15(14-11-12(14)2)8-4-6-13-7-5-10-17-13/h12-16H,3-11H2,1-2H3. The van der Waals surface area contributed by atoms with E-state index in [0.717, 1.165) is 24.5 Å². The van der Waals surface area contributed by atoms with Crippen LogP contribution in [0.15, 0.2) is 0 Å². The van der Waals surface area contributed by atoms with Gasteiger partial charge in [-0.25, -0.2) is 0 Å². The van der Waals surface area contributed by atoms with Gasteiger partial charge in [0.2, 0.25) is 0 Å². The maximum atomic E-state index is 5.69. The molecular weight excluding hydrogens is 210 g/mol. The number of rotatable bonds is 8. The quantitative estimate of drug-likeness (QED) is 0.701. The van der Waals surface area contributed by atoms with Crippen LogP contribution in [0.4, 0.5) is 0 Å². The minimum absolute atomic E-state index is 0.582. The SMILES string of the molecule is CCCNC(CCCC1CCCO1)C1CC1C. The lowest BCUT2D eigenvalue weighted by Crippen LogP contribution is -2.32. The normalized spacial score (nSPS) is 33.9. The highest BCUT2D eigenvalue weighted by Crippen LogP contribution is 2.42. The molecule has 1 heterocycles. The summed E-state index contributed by atoms with van der Waals surface area (Å²) in [5.74, 6) is 1.93. The Balaban J connectivity index is 1.62. The summed E-state index contributed by atoms with van der Waals surface area (Å²) in [4.78, 5) is 0. The summed E-state index contributed by atoms with van der Waals surface area (Å²) in [5, 5.41) is 3.75. The molecule has 2 nitrogen and oxygen atoms in total. The molecular formula is C15H29NO. The fourth-order valence-corrected chi connectivity index (χ4v) is 3.15. The van der Waals surface area contributed by atoms with Gasteiger partial charge in [-0.1, -0.05) is 13.8 Å². The van der Waals surface area contributed by atoms with Crippen LogP contribution in [0.1, 0.15) is 58.8 Å². The van der Waals surface area contributed by atoms with Crippen molar-refractivity contribution >= 4 is 0 Å². The predicted octanol–water partition coefficient (Wildman–Crippen LogP) is 3.36. The largest absolute Gasteiger partial charge is 0.378 e. The first-order chi connectivity index (χ1) is 8.31. The second kappa shape index (κ2) is 6.75. The van der Waals surface area contributed by atoms with Crippen LogP contribution in [0, 0.1) is 11.8 Å². The van der Waals surface area contributed by atoms with Crippen LogP contribution in [-0.2, 0) is 4.74 Å². The van der Waals surface area contributed by atoms with Gasteiger partial charge >= 0.3 is 0 Å². The van der Waals surface area contributed by atoms with Crippen LogP contribution in [0.5, 0.6) is 0 Å². The monoisotopic (exact) mass is 239 g/mol. The molecule has 1 N–H and O–H groups in total. The van der Waals surface area contributed by atoms with E-state index in [-0.39, 0.29) is 0 Å². The van der Waals surface area contributed by atoms with E-state index in [1.165, 1.54) is 51.5 Å². The zero-order valence-corrected chi connectivity index (χ0v) is 11.6. The van der Waals surface area contributed by atoms with Crippen LogP contribution in [0.2, 0.25) is 0 Å². The molecule has 100 valence electrons. The van der Waals surface area contributed by atoms with E-state index >= 15 is 0 Å². The van der Waals surface area contributed by atoms with Crippen LogP contribution in [-0.4, -0.2) is 25.3 Å². The third kappa shape index (κ3) is 4.26. The zero-order chi connectivity index (χ0) is 12.1. The lowest BCUT2D eigenvalue weighted by molar-refractivity contribution is 0.101. The number of nitrogens with one attached hydrogen (secondary N) is 1. The van der Waals surface area contributed by atoms with Gasteiger partial charge in [0, 0.05) is 12.6 Å². The van der Waals surface area contributed by atoms with Crippen LogP contribution in [0.3, 0.4) is 0 Å². The average Bonchev–Trinajstić information content (AvgIpc) is 2.84. The van der Waals surface area contributed by atoms with Crippen molar-refractivity contribution in [2.45, 2.75) is 70.9 Å². The lowest BCUT2D eigenvalue weighted by Gasteiger charge is -2.19. The Labute approximate surface area is 107 Å². The van der Waals surface area contributed by atoms with Crippen molar-refractivity contribution in [1.82, 2.24) is 5.32 Å². The highest BCUT2D eigenvalue weighted by atomic mass is 16.5. The first-order valence-corrected chi connectivity index (χ1v) is 7.66. The van der Waals surface area contributed by atoms with Gasteiger partial charge in [-0.2, -0.15) is 0 Å². The molecule has 2 aliphatic rings. The van der Waals surface area contributed by atoms with Gasteiger partial charge in [0.1, 0.15) is 0 Å².